The summed E-state index contributed by atoms with van der Waals surface area (Å²) in [6.07, 6.45) is 2.11. The number of carbonyl (C=O) groups is 2. The molecule has 2 N–H and O–H groups in total. The van der Waals surface area contributed by atoms with Crippen LogP contribution in [-0.2, 0) is 0 Å². The van der Waals surface area contributed by atoms with E-state index in [1.165, 1.54) is 18.3 Å². The molecule has 0 spiro atoms. The fourth-order valence-corrected chi connectivity index (χ4v) is 1.59. The molecule has 1 amide bonds. The fraction of sp³-hybridized carbons (Fsp3) is 0. The Kier molecular flexibility index (Phi) is 3.90. The number of halogens is 2. The zero-order valence-corrected chi connectivity index (χ0v) is 10.6. The molecule has 0 atom stereocenters. The maximum absolute atomic E-state index is 13.0. The normalized spacial score (nSPS) is 10.1. The van der Waals surface area contributed by atoms with Gasteiger partial charge in [-0.1, -0.05) is 11.6 Å². The maximum Gasteiger partial charge on any atom is 0.354 e. The van der Waals surface area contributed by atoms with Gasteiger partial charge >= 0.3 is 5.97 Å². The van der Waals surface area contributed by atoms with Crippen LogP contribution in [-0.4, -0.2) is 27.0 Å². The lowest BCUT2D eigenvalue weighted by atomic mass is 10.2. The number of nitrogens with one attached hydrogen (secondary N) is 1. The quantitative estimate of drug-likeness (QED) is 0.847. The first-order chi connectivity index (χ1) is 9.47. The van der Waals surface area contributed by atoms with Crippen LogP contribution in [0.5, 0.6) is 0 Å². The van der Waals surface area contributed by atoms with Crippen molar-refractivity contribution >= 4 is 29.2 Å². The van der Waals surface area contributed by atoms with Gasteiger partial charge in [-0.3, -0.25) is 4.79 Å². The number of amides is 1. The lowest BCUT2D eigenvalue weighted by Crippen LogP contribution is -2.14. The summed E-state index contributed by atoms with van der Waals surface area (Å²) in [5, 5.41) is 11.0. The van der Waals surface area contributed by atoms with Crippen LogP contribution in [0.1, 0.15) is 20.8 Å². The van der Waals surface area contributed by atoms with E-state index in [4.69, 9.17) is 16.7 Å². The predicted octanol–water partition coefficient (Wildman–Crippen LogP) is 2.22. The van der Waals surface area contributed by atoms with Crippen molar-refractivity contribution in [3.8, 4) is 0 Å². The lowest BCUT2D eigenvalue weighted by molar-refractivity contribution is 0.0690. The van der Waals surface area contributed by atoms with Gasteiger partial charge in [-0.2, -0.15) is 0 Å². The molecule has 2 aromatic rings. The molecule has 6 nitrogen and oxygen atoms in total. The summed E-state index contributed by atoms with van der Waals surface area (Å²) < 4.78 is 13.0. The average molecular weight is 296 g/mol. The van der Waals surface area contributed by atoms with E-state index >= 15 is 0 Å². The van der Waals surface area contributed by atoms with E-state index in [1.54, 1.807) is 0 Å². The summed E-state index contributed by atoms with van der Waals surface area (Å²) in [5.74, 6) is -2.64. The summed E-state index contributed by atoms with van der Waals surface area (Å²) >= 11 is 5.69. The van der Waals surface area contributed by atoms with Gasteiger partial charge in [-0.15, -0.1) is 0 Å². The summed E-state index contributed by atoms with van der Waals surface area (Å²) in [4.78, 5) is 29.8. The van der Waals surface area contributed by atoms with Crippen LogP contribution in [0.2, 0.25) is 5.15 Å². The molecule has 0 bridgehead atoms. The van der Waals surface area contributed by atoms with Crippen LogP contribution in [0, 0.1) is 5.82 Å². The van der Waals surface area contributed by atoms with Crippen LogP contribution < -0.4 is 5.32 Å². The highest BCUT2D eigenvalue weighted by Crippen LogP contribution is 2.16. The molecule has 0 aliphatic carbocycles. The number of pyridine rings is 2. The summed E-state index contributed by atoms with van der Waals surface area (Å²) in [6, 6.07) is 3.50. The van der Waals surface area contributed by atoms with Crippen LogP contribution >= 0.6 is 11.6 Å². The summed E-state index contributed by atoms with van der Waals surface area (Å²) in [5.41, 5.74) is -0.186. The highest BCUT2D eigenvalue weighted by atomic mass is 35.5. The first-order valence-corrected chi connectivity index (χ1v) is 5.67. The van der Waals surface area contributed by atoms with Crippen LogP contribution in [0.3, 0.4) is 0 Å². The smallest absolute Gasteiger partial charge is 0.354 e. The van der Waals surface area contributed by atoms with Crippen molar-refractivity contribution in [2.45, 2.75) is 0 Å². The molecule has 0 aliphatic rings. The van der Waals surface area contributed by atoms with Crippen molar-refractivity contribution in [2.24, 2.45) is 0 Å². The Morgan fingerprint density at radius 3 is 2.75 bits per heavy atom. The van der Waals surface area contributed by atoms with Gasteiger partial charge in [0.2, 0.25) is 0 Å². The Hall–Kier alpha value is -2.54. The van der Waals surface area contributed by atoms with E-state index in [2.05, 4.69) is 15.3 Å². The number of hydrogen-bond acceptors (Lipinski definition) is 4. The van der Waals surface area contributed by atoms with Gasteiger partial charge in [0.25, 0.3) is 5.91 Å². The summed E-state index contributed by atoms with van der Waals surface area (Å²) in [7, 11) is 0. The van der Waals surface area contributed by atoms with E-state index < -0.39 is 17.7 Å². The van der Waals surface area contributed by atoms with Crippen molar-refractivity contribution in [2.75, 3.05) is 5.32 Å². The van der Waals surface area contributed by atoms with Gasteiger partial charge in [-0.25, -0.2) is 19.2 Å². The Morgan fingerprint density at radius 2 is 2.05 bits per heavy atom. The third-order valence-electron chi connectivity index (χ3n) is 2.29. The van der Waals surface area contributed by atoms with E-state index in [9.17, 15) is 14.0 Å². The number of carboxylic acids is 1. The van der Waals surface area contributed by atoms with Gasteiger partial charge in [0.15, 0.2) is 0 Å². The Balaban J connectivity index is 2.25. The molecular formula is C12H7ClFN3O3. The molecule has 8 heteroatoms. The Labute approximate surface area is 117 Å². The first-order valence-electron chi connectivity index (χ1n) is 5.29. The Bertz CT molecular complexity index is 693. The SMILES string of the molecule is O=C(O)c1cc(NC(=O)c2cc(F)cnc2Cl)ccn1. The fourth-order valence-electron chi connectivity index (χ4n) is 1.41. The van der Waals surface area contributed by atoms with E-state index in [1.807, 2.05) is 0 Å². The lowest BCUT2D eigenvalue weighted by Gasteiger charge is -2.06. The largest absolute Gasteiger partial charge is 0.477 e. The number of carboxylic acid groups (broad SMARTS) is 1. The molecule has 0 saturated carbocycles. The van der Waals surface area contributed by atoms with Gasteiger partial charge in [0.05, 0.1) is 11.8 Å². The predicted molar refractivity (Wildman–Crippen MR) is 68.4 cm³/mol. The molecule has 102 valence electrons. The number of rotatable bonds is 3. The van der Waals surface area contributed by atoms with Gasteiger partial charge in [-0.05, 0) is 18.2 Å². The van der Waals surface area contributed by atoms with Gasteiger partial charge in [0, 0.05) is 11.9 Å². The second kappa shape index (κ2) is 5.62. The molecule has 0 saturated heterocycles. The molecule has 0 unspecified atom stereocenters. The van der Waals surface area contributed by atoms with E-state index in [0.29, 0.717) is 0 Å². The zero-order valence-electron chi connectivity index (χ0n) is 9.80. The topological polar surface area (TPSA) is 92.2 Å². The molecule has 20 heavy (non-hydrogen) atoms. The van der Waals surface area contributed by atoms with Crippen molar-refractivity contribution in [3.05, 3.63) is 52.8 Å². The number of anilines is 1. The van der Waals surface area contributed by atoms with E-state index in [0.717, 1.165) is 12.3 Å². The van der Waals surface area contributed by atoms with Gasteiger partial charge in [0.1, 0.15) is 16.7 Å². The molecule has 0 aromatic carbocycles. The highest BCUT2D eigenvalue weighted by Gasteiger charge is 2.14. The minimum absolute atomic E-state index is 0.152. The first kappa shape index (κ1) is 13.9. The van der Waals surface area contributed by atoms with Gasteiger partial charge < -0.3 is 10.4 Å². The molecule has 0 aliphatic heterocycles. The van der Waals surface area contributed by atoms with Crippen LogP contribution in [0.25, 0.3) is 0 Å². The van der Waals surface area contributed by atoms with Crippen LogP contribution in [0.15, 0.2) is 30.6 Å². The Morgan fingerprint density at radius 1 is 1.30 bits per heavy atom. The number of carbonyl (C=O) groups excluding carboxylic acids is 1. The van der Waals surface area contributed by atoms with Crippen molar-refractivity contribution in [1.82, 2.24) is 9.97 Å². The third-order valence-corrected chi connectivity index (χ3v) is 2.59. The standard InChI is InChI=1S/C12H7ClFN3O3/c13-10-8(3-6(14)5-16-10)11(18)17-7-1-2-15-9(4-7)12(19)20/h1-5H,(H,19,20)(H,15,17,18). The summed E-state index contributed by atoms with van der Waals surface area (Å²) in [6.45, 7) is 0. The second-order valence-electron chi connectivity index (χ2n) is 3.68. The second-order valence-corrected chi connectivity index (χ2v) is 4.04. The zero-order chi connectivity index (χ0) is 14.7. The highest BCUT2D eigenvalue weighted by molar-refractivity contribution is 6.33. The molecular weight excluding hydrogens is 289 g/mol. The third kappa shape index (κ3) is 3.07. The molecule has 0 radical (unpaired) electrons. The number of aromatic carboxylic acids is 1. The molecule has 2 heterocycles. The number of hydrogen-bond donors (Lipinski definition) is 2. The number of aromatic nitrogens is 2. The minimum Gasteiger partial charge on any atom is -0.477 e. The monoisotopic (exact) mass is 295 g/mol. The molecule has 2 aromatic heterocycles. The van der Waals surface area contributed by atoms with Crippen molar-refractivity contribution in [1.29, 1.82) is 0 Å². The average Bonchev–Trinajstić information content (AvgIpc) is 2.41. The van der Waals surface area contributed by atoms with Crippen molar-refractivity contribution < 1.29 is 19.1 Å². The molecule has 2 rings (SSSR count). The van der Waals surface area contributed by atoms with Crippen LogP contribution in [0.4, 0.5) is 10.1 Å². The van der Waals surface area contributed by atoms with Crippen molar-refractivity contribution in [3.63, 3.8) is 0 Å². The van der Waals surface area contributed by atoms with E-state index in [-0.39, 0.29) is 22.1 Å². The minimum atomic E-state index is -1.23. The maximum atomic E-state index is 13.0. The number of nitrogens with zero attached hydrogens (tertiary/aromatic N) is 2. The molecule has 0 fully saturated rings.